The van der Waals surface area contributed by atoms with Crippen molar-refractivity contribution >= 4 is 17.5 Å². The Morgan fingerprint density at radius 3 is 2.46 bits per heavy atom. The molecule has 132 valence electrons. The van der Waals surface area contributed by atoms with E-state index in [2.05, 4.69) is 5.32 Å². The van der Waals surface area contributed by atoms with E-state index in [0.717, 1.165) is 12.1 Å². The number of nitrogens with zero attached hydrogens (tertiary/aromatic N) is 1. The first-order valence-corrected chi connectivity index (χ1v) is 7.70. The van der Waals surface area contributed by atoms with Crippen molar-refractivity contribution in [3.8, 4) is 0 Å². The summed E-state index contributed by atoms with van der Waals surface area (Å²) >= 11 is 0. The molecule has 24 heavy (non-hydrogen) atoms. The van der Waals surface area contributed by atoms with E-state index in [1.807, 2.05) is 4.90 Å². The van der Waals surface area contributed by atoms with Gasteiger partial charge < -0.3 is 11.1 Å². The normalized spacial score (nSPS) is 18.2. The molecule has 1 aliphatic rings. The number of nitrogens with one attached hydrogen (secondary N) is 1. The van der Waals surface area contributed by atoms with Gasteiger partial charge in [-0.25, -0.2) is 0 Å². The predicted octanol–water partition coefficient (Wildman–Crippen LogP) is 2.23. The van der Waals surface area contributed by atoms with E-state index < -0.39 is 17.8 Å². The van der Waals surface area contributed by atoms with E-state index in [9.17, 15) is 22.8 Å². The topological polar surface area (TPSA) is 75.4 Å². The van der Waals surface area contributed by atoms with Crippen LogP contribution in [0.1, 0.15) is 25.3 Å². The van der Waals surface area contributed by atoms with Crippen LogP contribution >= 0.6 is 0 Å². The van der Waals surface area contributed by atoms with Crippen molar-refractivity contribution in [1.29, 1.82) is 0 Å². The summed E-state index contributed by atoms with van der Waals surface area (Å²) in [7, 11) is 0. The van der Waals surface area contributed by atoms with Crippen molar-refractivity contribution in [2.45, 2.75) is 32.0 Å². The first-order chi connectivity index (χ1) is 11.2. The van der Waals surface area contributed by atoms with Crippen molar-refractivity contribution in [3.63, 3.8) is 0 Å². The highest BCUT2D eigenvalue weighted by atomic mass is 19.4. The number of primary amides is 1. The maximum absolute atomic E-state index is 12.7. The van der Waals surface area contributed by atoms with Crippen LogP contribution in [0, 0.1) is 5.92 Å². The van der Waals surface area contributed by atoms with Crippen LogP contribution in [-0.2, 0) is 15.8 Å². The zero-order chi connectivity index (χ0) is 17.9. The van der Waals surface area contributed by atoms with Crippen LogP contribution in [0.2, 0.25) is 0 Å². The van der Waals surface area contributed by atoms with Gasteiger partial charge >= 0.3 is 6.18 Å². The molecule has 1 fully saturated rings. The van der Waals surface area contributed by atoms with E-state index in [0.29, 0.717) is 25.9 Å². The molecular weight excluding hydrogens is 323 g/mol. The molecule has 1 saturated heterocycles. The number of benzene rings is 1. The highest BCUT2D eigenvalue weighted by Crippen LogP contribution is 2.30. The van der Waals surface area contributed by atoms with Gasteiger partial charge in [0.15, 0.2) is 0 Å². The average molecular weight is 343 g/mol. The van der Waals surface area contributed by atoms with E-state index in [4.69, 9.17) is 5.73 Å². The number of hydrogen-bond acceptors (Lipinski definition) is 3. The molecule has 1 aromatic carbocycles. The number of piperidine rings is 1. The van der Waals surface area contributed by atoms with E-state index in [-0.39, 0.29) is 23.4 Å². The minimum absolute atomic E-state index is 0.105. The maximum Gasteiger partial charge on any atom is 0.416 e. The average Bonchev–Trinajstić information content (AvgIpc) is 2.53. The third-order valence-electron chi connectivity index (χ3n) is 4.32. The minimum Gasteiger partial charge on any atom is -0.369 e. The molecule has 3 N–H and O–H groups in total. The predicted molar refractivity (Wildman–Crippen MR) is 83.0 cm³/mol. The van der Waals surface area contributed by atoms with Gasteiger partial charge in [0, 0.05) is 11.6 Å². The van der Waals surface area contributed by atoms with Gasteiger partial charge in [-0.2, -0.15) is 13.2 Å². The summed E-state index contributed by atoms with van der Waals surface area (Å²) in [4.78, 5) is 25.3. The summed E-state index contributed by atoms with van der Waals surface area (Å²) in [6, 6.07) is 4.02. The maximum atomic E-state index is 12.7. The fraction of sp³-hybridized carbons (Fsp3) is 0.500. The van der Waals surface area contributed by atoms with Crippen LogP contribution in [-0.4, -0.2) is 35.8 Å². The second kappa shape index (κ2) is 7.21. The molecule has 5 nitrogen and oxygen atoms in total. The van der Waals surface area contributed by atoms with Gasteiger partial charge in [-0.3, -0.25) is 14.5 Å². The van der Waals surface area contributed by atoms with Crippen molar-refractivity contribution in [2.75, 3.05) is 18.4 Å². The summed E-state index contributed by atoms with van der Waals surface area (Å²) in [5, 5.41) is 2.51. The van der Waals surface area contributed by atoms with Gasteiger partial charge in [0.2, 0.25) is 11.8 Å². The smallest absolute Gasteiger partial charge is 0.369 e. The van der Waals surface area contributed by atoms with Gasteiger partial charge in [-0.05, 0) is 51.1 Å². The first-order valence-electron chi connectivity index (χ1n) is 7.70. The quantitative estimate of drug-likeness (QED) is 0.880. The standard InChI is InChI=1S/C16H20F3N3O2/c1-10(22-7-5-11(6-8-22)14(20)23)15(24)21-13-4-2-3-12(9-13)16(17,18)19/h2-4,9-11H,5-8H2,1H3,(H2,20,23)(H,21,24)/t10-/m0/s1. The van der Waals surface area contributed by atoms with Gasteiger partial charge in [0.25, 0.3) is 0 Å². The minimum atomic E-state index is -4.46. The van der Waals surface area contributed by atoms with Crippen molar-refractivity contribution in [3.05, 3.63) is 29.8 Å². The first kappa shape index (κ1) is 18.3. The Morgan fingerprint density at radius 1 is 1.29 bits per heavy atom. The lowest BCUT2D eigenvalue weighted by Crippen LogP contribution is -2.47. The summed E-state index contributed by atoms with van der Waals surface area (Å²) in [5.74, 6) is -0.900. The number of carbonyl (C=O) groups excluding carboxylic acids is 2. The zero-order valence-electron chi connectivity index (χ0n) is 13.3. The lowest BCUT2D eigenvalue weighted by atomic mass is 9.95. The van der Waals surface area contributed by atoms with Crippen LogP contribution < -0.4 is 11.1 Å². The largest absolute Gasteiger partial charge is 0.416 e. The Morgan fingerprint density at radius 2 is 1.92 bits per heavy atom. The number of rotatable bonds is 4. The Labute approximate surface area is 138 Å². The monoisotopic (exact) mass is 343 g/mol. The third-order valence-corrected chi connectivity index (χ3v) is 4.32. The summed E-state index contributed by atoms with van der Waals surface area (Å²) in [5.41, 5.74) is 4.57. The lowest BCUT2D eigenvalue weighted by molar-refractivity contribution is -0.137. The lowest BCUT2D eigenvalue weighted by Gasteiger charge is -2.34. The molecular formula is C16H20F3N3O2. The third kappa shape index (κ3) is 4.47. The molecule has 0 bridgehead atoms. The molecule has 1 atom stereocenters. The fourth-order valence-electron chi connectivity index (χ4n) is 2.76. The number of nitrogens with two attached hydrogens (primary N) is 1. The fourth-order valence-corrected chi connectivity index (χ4v) is 2.76. The molecule has 8 heteroatoms. The summed E-state index contributed by atoms with van der Waals surface area (Å²) in [6.07, 6.45) is -3.30. The molecule has 0 radical (unpaired) electrons. The Kier molecular flexibility index (Phi) is 5.48. The van der Waals surface area contributed by atoms with E-state index in [1.165, 1.54) is 12.1 Å². The molecule has 1 aliphatic heterocycles. The van der Waals surface area contributed by atoms with Crippen molar-refractivity contribution in [2.24, 2.45) is 11.7 Å². The highest BCUT2D eigenvalue weighted by Gasteiger charge is 2.31. The number of hydrogen-bond donors (Lipinski definition) is 2. The van der Waals surface area contributed by atoms with Gasteiger partial charge in [0.05, 0.1) is 11.6 Å². The number of likely N-dealkylation sites (tertiary alicyclic amines) is 1. The zero-order valence-corrected chi connectivity index (χ0v) is 13.3. The van der Waals surface area contributed by atoms with E-state index in [1.54, 1.807) is 6.92 Å². The number of anilines is 1. The van der Waals surface area contributed by atoms with E-state index >= 15 is 0 Å². The van der Waals surface area contributed by atoms with Crippen LogP contribution in [0.15, 0.2) is 24.3 Å². The summed E-state index contributed by atoms with van der Waals surface area (Å²) < 4.78 is 38.1. The number of halogens is 3. The molecule has 0 spiro atoms. The van der Waals surface area contributed by atoms with Crippen molar-refractivity contribution in [1.82, 2.24) is 4.90 Å². The molecule has 0 aromatic heterocycles. The van der Waals surface area contributed by atoms with Gasteiger partial charge in [0.1, 0.15) is 0 Å². The number of carbonyl (C=O) groups is 2. The van der Waals surface area contributed by atoms with Crippen LogP contribution in [0.25, 0.3) is 0 Å². The van der Waals surface area contributed by atoms with Crippen molar-refractivity contribution < 1.29 is 22.8 Å². The second-order valence-electron chi connectivity index (χ2n) is 5.96. The molecule has 2 rings (SSSR count). The van der Waals surface area contributed by atoms with Crippen LogP contribution in [0.5, 0.6) is 0 Å². The molecule has 1 heterocycles. The molecule has 1 aromatic rings. The molecule has 0 aliphatic carbocycles. The van der Waals surface area contributed by atoms with Crippen LogP contribution in [0.4, 0.5) is 18.9 Å². The number of alkyl halides is 3. The number of amides is 2. The summed E-state index contributed by atoms with van der Waals surface area (Å²) in [6.45, 7) is 2.78. The molecule has 2 amide bonds. The van der Waals surface area contributed by atoms with Crippen LogP contribution in [0.3, 0.4) is 0 Å². The Hall–Kier alpha value is -2.09. The Bertz CT molecular complexity index is 611. The van der Waals surface area contributed by atoms with Gasteiger partial charge in [-0.15, -0.1) is 0 Å². The van der Waals surface area contributed by atoms with Gasteiger partial charge in [-0.1, -0.05) is 6.07 Å². The molecule has 0 unspecified atom stereocenters. The molecule has 0 saturated carbocycles. The SMILES string of the molecule is C[C@@H](C(=O)Nc1cccc(C(F)(F)F)c1)N1CCC(C(N)=O)CC1. The highest BCUT2D eigenvalue weighted by molar-refractivity contribution is 5.94. The second-order valence-corrected chi connectivity index (χ2v) is 5.96. The Balaban J connectivity index is 1.96.